The molecule has 1 aromatic rings. The largest absolute Gasteiger partial charge is 0.384 e. The first-order valence-electron chi connectivity index (χ1n) is 5.53. The first kappa shape index (κ1) is 9.56. The van der Waals surface area contributed by atoms with Crippen LogP contribution in [0.15, 0.2) is 6.33 Å². The lowest BCUT2D eigenvalue weighted by Crippen LogP contribution is -2.11. The lowest BCUT2D eigenvalue weighted by Gasteiger charge is -2.20. The molecule has 1 saturated carbocycles. The summed E-state index contributed by atoms with van der Waals surface area (Å²) in [4.78, 5) is 4.35. The van der Waals surface area contributed by atoms with E-state index in [4.69, 9.17) is 5.73 Å². The summed E-state index contributed by atoms with van der Waals surface area (Å²) in [6.45, 7) is 0. The molecule has 1 aliphatic carbocycles. The summed E-state index contributed by atoms with van der Waals surface area (Å²) >= 11 is 0. The molecule has 78 valence electrons. The maximum atomic E-state index is 5.92. The molecule has 0 bridgehead atoms. The number of nitrogen functional groups attached to an aromatic ring is 1. The first-order chi connectivity index (χ1) is 6.77. The molecule has 0 aliphatic heterocycles. The van der Waals surface area contributed by atoms with E-state index in [2.05, 4.69) is 4.98 Å². The normalized spacial score (nSPS) is 18.6. The molecule has 0 saturated heterocycles. The van der Waals surface area contributed by atoms with E-state index in [9.17, 15) is 0 Å². The van der Waals surface area contributed by atoms with Gasteiger partial charge in [0.05, 0.1) is 12.0 Å². The summed E-state index contributed by atoms with van der Waals surface area (Å²) in [5.41, 5.74) is 7.02. The molecule has 0 unspecified atom stereocenters. The highest BCUT2D eigenvalue weighted by Crippen LogP contribution is 2.27. The predicted molar refractivity (Wildman–Crippen MR) is 57.9 cm³/mol. The second kappa shape index (κ2) is 4.03. The molecule has 2 rings (SSSR count). The monoisotopic (exact) mass is 193 g/mol. The fourth-order valence-electron chi connectivity index (χ4n) is 2.31. The summed E-state index contributed by atoms with van der Waals surface area (Å²) < 4.78 is 1.90. The van der Waals surface area contributed by atoms with Crippen LogP contribution in [0.2, 0.25) is 0 Å². The van der Waals surface area contributed by atoms with Gasteiger partial charge in [-0.15, -0.1) is 0 Å². The van der Waals surface area contributed by atoms with E-state index in [1.807, 2.05) is 17.9 Å². The van der Waals surface area contributed by atoms with Gasteiger partial charge in [0.15, 0.2) is 0 Å². The average molecular weight is 193 g/mol. The van der Waals surface area contributed by atoms with Crippen LogP contribution >= 0.6 is 0 Å². The van der Waals surface area contributed by atoms with E-state index < -0.39 is 0 Å². The third-order valence-electron chi connectivity index (χ3n) is 3.27. The minimum Gasteiger partial charge on any atom is -0.384 e. The molecule has 0 spiro atoms. The molecule has 1 aliphatic rings. The molecule has 14 heavy (non-hydrogen) atoms. The zero-order chi connectivity index (χ0) is 9.97. The summed E-state index contributed by atoms with van der Waals surface area (Å²) in [6.07, 6.45) is 9.79. The summed E-state index contributed by atoms with van der Waals surface area (Å²) in [5.74, 6) is 1.66. The van der Waals surface area contributed by atoms with Crippen molar-refractivity contribution in [1.82, 2.24) is 9.55 Å². The van der Waals surface area contributed by atoms with Gasteiger partial charge in [-0.2, -0.15) is 0 Å². The highest BCUT2D eigenvalue weighted by molar-refractivity contribution is 5.35. The Kier molecular flexibility index (Phi) is 2.75. The molecular weight excluding hydrogens is 174 g/mol. The minimum atomic E-state index is 0.820. The van der Waals surface area contributed by atoms with E-state index in [0.29, 0.717) is 0 Å². The van der Waals surface area contributed by atoms with E-state index in [0.717, 1.165) is 23.9 Å². The Morgan fingerprint density at radius 1 is 1.43 bits per heavy atom. The first-order valence-corrected chi connectivity index (χ1v) is 5.53. The van der Waals surface area contributed by atoms with Crippen LogP contribution in [0, 0.1) is 5.92 Å². The molecule has 0 atom stereocenters. The maximum Gasteiger partial charge on any atom is 0.126 e. The van der Waals surface area contributed by atoms with Gasteiger partial charge in [-0.25, -0.2) is 4.98 Å². The fraction of sp³-hybridized carbons (Fsp3) is 0.727. The van der Waals surface area contributed by atoms with E-state index in [1.165, 1.54) is 32.1 Å². The molecular formula is C11H19N3. The van der Waals surface area contributed by atoms with Crippen molar-refractivity contribution in [2.45, 2.75) is 38.5 Å². The van der Waals surface area contributed by atoms with Crippen molar-refractivity contribution in [2.75, 3.05) is 5.73 Å². The number of nitrogens with zero attached hydrogens (tertiary/aromatic N) is 2. The SMILES string of the molecule is Cn1cnc(CC2CCCCC2)c1N. The van der Waals surface area contributed by atoms with Crippen LogP contribution in [-0.2, 0) is 13.5 Å². The van der Waals surface area contributed by atoms with Gasteiger partial charge in [0.25, 0.3) is 0 Å². The van der Waals surface area contributed by atoms with E-state index >= 15 is 0 Å². The number of hydrogen-bond donors (Lipinski definition) is 1. The number of rotatable bonds is 2. The van der Waals surface area contributed by atoms with Crippen molar-refractivity contribution in [3.05, 3.63) is 12.0 Å². The van der Waals surface area contributed by atoms with Crippen LogP contribution in [0.1, 0.15) is 37.8 Å². The predicted octanol–water partition coefficient (Wildman–Crippen LogP) is 2.13. The fourth-order valence-corrected chi connectivity index (χ4v) is 2.31. The van der Waals surface area contributed by atoms with Gasteiger partial charge < -0.3 is 10.3 Å². The molecule has 2 N–H and O–H groups in total. The maximum absolute atomic E-state index is 5.92. The van der Waals surface area contributed by atoms with Gasteiger partial charge in [0, 0.05) is 7.05 Å². The second-order valence-corrected chi connectivity index (χ2v) is 4.40. The second-order valence-electron chi connectivity index (χ2n) is 4.40. The molecule has 0 radical (unpaired) electrons. The number of aromatic nitrogens is 2. The van der Waals surface area contributed by atoms with Crippen molar-refractivity contribution in [1.29, 1.82) is 0 Å². The number of imidazole rings is 1. The zero-order valence-electron chi connectivity index (χ0n) is 8.87. The van der Waals surface area contributed by atoms with Crippen LogP contribution in [-0.4, -0.2) is 9.55 Å². The van der Waals surface area contributed by atoms with Crippen LogP contribution < -0.4 is 5.73 Å². The van der Waals surface area contributed by atoms with Crippen molar-refractivity contribution >= 4 is 5.82 Å². The number of aryl methyl sites for hydroxylation is 1. The Labute approximate surface area is 85.3 Å². The van der Waals surface area contributed by atoms with Gasteiger partial charge in [0.1, 0.15) is 5.82 Å². The van der Waals surface area contributed by atoms with Gasteiger partial charge >= 0.3 is 0 Å². The van der Waals surface area contributed by atoms with Gasteiger partial charge in [-0.1, -0.05) is 32.1 Å². The molecule has 0 aromatic carbocycles. The Morgan fingerprint density at radius 3 is 2.71 bits per heavy atom. The van der Waals surface area contributed by atoms with E-state index in [-0.39, 0.29) is 0 Å². The molecule has 0 amide bonds. The zero-order valence-corrected chi connectivity index (χ0v) is 8.87. The number of anilines is 1. The Morgan fingerprint density at radius 2 is 2.14 bits per heavy atom. The number of nitrogens with two attached hydrogens (primary N) is 1. The van der Waals surface area contributed by atoms with E-state index in [1.54, 1.807) is 0 Å². The summed E-state index contributed by atoms with van der Waals surface area (Å²) in [5, 5.41) is 0. The lowest BCUT2D eigenvalue weighted by atomic mass is 9.86. The smallest absolute Gasteiger partial charge is 0.126 e. The Balaban J connectivity index is 1.99. The standard InChI is InChI=1S/C11H19N3/c1-14-8-13-10(11(14)12)7-9-5-3-2-4-6-9/h8-9H,2-7,12H2,1H3. The Bertz CT molecular complexity index is 297. The van der Waals surface area contributed by atoms with Crippen LogP contribution in [0.25, 0.3) is 0 Å². The van der Waals surface area contributed by atoms with Gasteiger partial charge in [-0.05, 0) is 12.3 Å². The highest BCUT2D eigenvalue weighted by Gasteiger charge is 2.16. The van der Waals surface area contributed by atoms with Crippen LogP contribution in [0.4, 0.5) is 5.82 Å². The third kappa shape index (κ3) is 1.91. The van der Waals surface area contributed by atoms with Gasteiger partial charge in [0.2, 0.25) is 0 Å². The molecule has 3 heteroatoms. The van der Waals surface area contributed by atoms with Crippen molar-refractivity contribution in [3.8, 4) is 0 Å². The molecule has 1 fully saturated rings. The van der Waals surface area contributed by atoms with Gasteiger partial charge in [-0.3, -0.25) is 0 Å². The number of hydrogen-bond acceptors (Lipinski definition) is 2. The van der Waals surface area contributed by atoms with Crippen LogP contribution in [0.5, 0.6) is 0 Å². The lowest BCUT2D eigenvalue weighted by molar-refractivity contribution is 0.355. The van der Waals surface area contributed by atoms with Crippen molar-refractivity contribution < 1.29 is 0 Å². The highest BCUT2D eigenvalue weighted by atomic mass is 15.1. The van der Waals surface area contributed by atoms with Crippen molar-refractivity contribution in [3.63, 3.8) is 0 Å². The summed E-state index contributed by atoms with van der Waals surface area (Å²) in [6, 6.07) is 0. The minimum absolute atomic E-state index is 0.820. The molecule has 1 aromatic heterocycles. The quantitative estimate of drug-likeness (QED) is 0.782. The van der Waals surface area contributed by atoms with Crippen LogP contribution in [0.3, 0.4) is 0 Å². The summed E-state index contributed by atoms with van der Waals surface area (Å²) in [7, 11) is 1.95. The third-order valence-corrected chi connectivity index (χ3v) is 3.27. The average Bonchev–Trinajstić information content (AvgIpc) is 2.52. The van der Waals surface area contributed by atoms with Crippen molar-refractivity contribution in [2.24, 2.45) is 13.0 Å². The Hall–Kier alpha value is -0.990. The molecule has 1 heterocycles. The topological polar surface area (TPSA) is 43.8 Å². The molecule has 3 nitrogen and oxygen atoms in total.